The Bertz CT molecular complexity index is 1080. The van der Waals surface area contributed by atoms with E-state index in [4.69, 9.17) is 32.0 Å². The smallest absolute Gasteiger partial charge is 0.872 e. The van der Waals surface area contributed by atoms with Gasteiger partial charge in [0.2, 0.25) is 0 Å². The Labute approximate surface area is 211 Å². The van der Waals surface area contributed by atoms with Gasteiger partial charge in [0.1, 0.15) is 11.5 Å². The molecule has 0 unspecified atom stereocenters. The Hall–Kier alpha value is -2.96. The standard InChI is InChI=1S/2C12H10ClNO2.Fe/c2*13-10-3-4-12(15)9(6-10)7-14-8-11-2-1-5-16-11;/h2*1-7,15H,8H2;/q;;+2/p-2. The molecule has 4 aromatic rings. The van der Waals surface area contributed by atoms with Crippen LogP contribution in [0.1, 0.15) is 22.6 Å². The first-order valence-corrected chi connectivity index (χ1v) is 10.2. The molecular formula is C24H18Cl2FeN2O4. The van der Waals surface area contributed by atoms with Crippen LogP contribution in [0, 0.1) is 0 Å². The first-order chi connectivity index (χ1) is 15.5. The summed E-state index contributed by atoms with van der Waals surface area (Å²) in [5.41, 5.74) is 0.970. The maximum Gasteiger partial charge on any atom is 2.00 e. The van der Waals surface area contributed by atoms with Gasteiger partial charge in [0.05, 0.1) is 25.6 Å². The molecule has 0 aliphatic heterocycles. The van der Waals surface area contributed by atoms with Crippen LogP contribution in [-0.4, -0.2) is 12.4 Å². The summed E-state index contributed by atoms with van der Waals surface area (Å²) in [7, 11) is 0. The molecule has 0 aliphatic rings. The van der Waals surface area contributed by atoms with Gasteiger partial charge in [-0.15, -0.1) is 0 Å². The van der Waals surface area contributed by atoms with Crippen LogP contribution >= 0.6 is 23.2 Å². The number of benzene rings is 2. The van der Waals surface area contributed by atoms with E-state index in [-0.39, 0.29) is 28.6 Å². The zero-order valence-corrected chi connectivity index (χ0v) is 19.8. The molecule has 0 saturated carbocycles. The van der Waals surface area contributed by atoms with E-state index in [9.17, 15) is 10.2 Å². The summed E-state index contributed by atoms with van der Waals surface area (Å²) < 4.78 is 10.2. The zero-order valence-electron chi connectivity index (χ0n) is 17.1. The Morgan fingerprint density at radius 3 is 1.48 bits per heavy atom. The number of hydrogen-bond acceptors (Lipinski definition) is 6. The third kappa shape index (κ3) is 8.83. The molecule has 170 valence electrons. The summed E-state index contributed by atoms with van der Waals surface area (Å²) in [5.74, 6) is 1.33. The van der Waals surface area contributed by atoms with Gasteiger partial charge in [0.25, 0.3) is 0 Å². The van der Waals surface area contributed by atoms with Crippen molar-refractivity contribution in [2.75, 3.05) is 0 Å². The van der Waals surface area contributed by atoms with Crippen molar-refractivity contribution < 1.29 is 36.1 Å². The van der Waals surface area contributed by atoms with Gasteiger partial charge in [-0.2, -0.15) is 0 Å². The van der Waals surface area contributed by atoms with Crippen LogP contribution in [0.2, 0.25) is 10.0 Å². The van der Waals surface area contributed by atoms with Gasteiger partial charge in [-0.1, -0.05) is 46.8 Å². The molecular weight excluding hydrogens is 507 g/mol. The maximum atomic E-state index is 11.4. The van der Waals surface area contributed by atoms with E-state index in [0.29, 0.717) is 34.3 Å². The molecule has 33 heavy (non-hydrogen) atoms. The molecule has 0 fully saturated rings. The van der Waals surface area contributed by atoms with Crippen molar-refractivity contribution in [3.8, 4) is 11.5 Å². The van der Waals surface area contributed by atoms with E-state index < -0.39 is 0 Å². The molecule has 0 radical (unpaired) electrons. The van der Waals surface area contributed by atoms with Crippen LogP contribution in [0.4, 0.5) is 0 Å². The van der Waals surface area contributed by atoms with E-state index in [0.717, 1.165) is 11.5 Å². The van der Waals surface area contributed by atoms with Crippen molar-refractivity contribution in [1.82, 2.24) is 0 Å². The predicted octanol–water partition coefficient (Wildman–Crippen LogP) is 5.25. The number of nitrogens with zero attached hydrogens (tertiary/aromatic N) is 2. The normalized spacial score (nSPS) is 10.7. The molecule has 0 saturated heterocycles. The molecule has 6 nitrogen and oxygen atoms in total. The number of aliphatic imine (C=N–C) groups is 2. The van der Waals surface area contributed by atoms with E-state index in [1.54, 1.807) is 48.9 Å². The zero-order chi connectivity index (χ0) is 22.8. The molecule has 0 aliphatic carbocycles. The molecule has 2 aromatic carbocycles. The summed E-state index contributed by atoms with van der Waals surface area (Å²) in [6.07, 6.45) is 6.19. The van der Waals surface area contributed by atoms with Crippen LogP contribution in [0.5, 0.6) is 11.5 Å². The van der Waals surface area contributed by atoms with Gasteiger partial charge in [0.15, 0.2) is 0 Å². The van der Waals surface area contributed by atoms with Gasteiger partial charge < -0.3 is 19.0 Å². The average molecular weight is 525 g/mol. The third-order valence-electron chi connectivity index (χ3n) is 4.06. The third-order valence-corrected chi connectivity index (χ3v) is 4.53. The van der Waals surface area contributed by atoms with Crippen LogP contribution in [0.3, 0.4) is 0 Å². The fourth-order valence-electron chi connectivity index (χ4n) is 2.51. The minimum atomic E-state index is -0.0902. The molecule has 0 N–H and O–H groups in total. The van der Waals surface area contributed by atoms with Crippen molar-refractivity contribution in [2.45, 2.75) is 13.1 Å². The fraction of sp³-hybridized carbons (Fsp3) is 0.0833. The number of rotatable bonds is 6. The number of halogens is 2. The molecule has 9 heteroatoms. The fourth-order valence-corrected chi connectivity index (χ4v) is 2.87. The van der Waals surface area contributed by atoms with Gasteiger partial charge in [-0.3, -0.25) is 9.98 Å². The second-order valence-corrected chi connectivity index (χ2v) is 7.34. The quantitative estimate of drug-likeness (QED) is 0.254. The van der Waals surface area contributed by atoms with Crippen molar-refractivity contribution in [3.05, 3.63) is 106 Å². The maximum absolute atomic E-state index is 11.4. The summed E-state index contributed by atoms with van der Waals surface area (Å²) >= 11 is 11.6. The van der Waals surface area contributed by atoms with E-state index in [1.807, 2.05) is 12.1 Å². The van der Waals surface area contributed by atoms with E-state index >= 15 is 0 Å². The van der Waals surface area contributed by atoms with Crippen molar-refractivity contribution in [3.63, 3.8) is 0 Å². The second kappa shape index (κ2) is 13.6. The predicted molar refractivity (Wildman–Crippen MR) is 122 cm³/mol. The topological polar surface area (TPSA) is 97.1 Å². The summed E-state index contributed by atoms with van der Waals surface area (Å²) in [5, 5.41) is 23.8. The van der Waals surface area contributed by atoms with Crippen LogP contribution < -0.4 is 10.2 Å². The average Bonchev–Trinajstić information content (AvgIpc) is 3.48. The van der Waals surface area contributed by atoms with Gasteiger partial charge in [-0.05, 0) is 59.7 Å². The summed E-state index contributed by atoms with van der Waals surface area (Å²) in [4.78, 5) is 8.22. The monoisotopic (exact) mass is 524 g/mol. The van der Waals surface area contributed by atoms with Gasteiger partial charge in [-0.25, -0.2) is 0 Å². The largest absolute Gasteiger partial charge is 2.00 e. The van der Waals surface area contributed by atoms with Crippen LogP contribution in [0.15, 0.2) is 92.0 Å². The SMILES string of the molecule is [Fe+2].[O-]c1ccc(Cl)cc1C=NCc1ccco1.[O-]c1ccc(Cl)cc1C=NCc1ccco1. The van der Waals surface area contributed by atoms with Gasteiger partial charge in [0, 0.05) is 22.5 Å². The Balaban J connectivity index is 0.000000227. The molecule has 2 heterocycles. The minimum absolute atomic E-state index is 0. The molecule has 0 bridgehead atoms. The second-order valence-electron chi connectivity index (χ2n) is 6.46. The number of hydrogen-bond donors (Lipinski definition) is 0. The van der Waals surface area contributed by atoms with E-state index in [1.165, 1.54) is 24.6 Å². The van der Waals surface area contributed by atoms with Crippen LogP contribution in [-0.2, 0) is 30.2 Å². The van der Waals surface area contributed by atoms with Crippen molar-refractivity contribution in [1.29, 1.82) is 0 Å². The van der Waals surface area contributed by atoms with Crippen molar-refractivity contribution >= 4 is 35.6 Å². The molecule has 0 spiro atoms. The first-order valence-electron chi connectivity index (χ1n) is 9.49. The Morgan fingerprint density at radius 1 is 0.697 bits per heavy atom. The minimum Gasteiger partial charge on any atom is -0.872 e. The first kappa shape index (κ1) is 26.3. The summed E-state index contributed by atoms with van der Waals surface area (Å²) in [6, 6.07) is 16.4. The Kier molecular flexibility index (Phi) is 10.8. The van der Waals surface area contributed by atoms with Crippen molar-refractivity contribution in [2.24, 2.45) is 9.98 Å². The summed E-state index contributed by atoms with van der Waals surface area (Å²) in [6.45, 7) is 0.831. The molecule has 4 rings (SSSR count). The van der Waals surface area contributed by atoms with Gasteiger partial charge >= 0.3 is 17.1 Å². The number of furan rings is 2. The van der Waals surface area contributed by atoms with Crippen LogP contribution in [0.25, 0.3) is 0 Å². The molecule has 0 amide bonds. The molecule has 2 aromatic heterocycles. The Morgan fingerprint density at radius 2 is 1.12 bits per heavy atom. The van der Waals surface area contributed by atoms with E-state index in [2.05, 4.69) is 9.98 Å². The molecule has 0 atom stereocenters.